The zero-order valence-corrected chi connectivity index (χ0v) is 9.10. The third-order valence-electron chi connectivity index (χ3n) is 2.64. The van der Waals surface area contributed by atoms with Crippen molar-refractivity contribution in [1.82, 2.24) is 0 Å². The van der Waals surface area contributed by atoms with Gasteiger partial charge in [0.1, 0.15) is 18.8 Å². The molecule has 3 nitrogen and oxygen atoms in total. The van der Waals surface area contributed by atoms with E-state index in [0.717, 1.165) is 24.3 Å². The molecule has 0 saturated heterocycles. The van der Waals surface area contributed by atoms with Gasteiger partial charge in [0.25, 0.3) is 0 Å². The number of benzene rings is 1. The minimum atomic E-state index is 0.115. The Morgan fingerprint density at radius 2 is 2.00 bits per heavy atom. The summed E-state index contributed by atoms with van der Waals surface area (Å²) >= 11 is 0. The van der Waals surface area contributed by atoms with E-state index in [1.807, 2.05) is 24.3 Å². The van der Waals surface area contributed by atoms with Crippen LogP contribution in [0.2, 0.25) is 0 Å². The lowest BCUT2D eigenvalue weighted by molar-refractivity contribution is -0.481. The van der Waals surface area contributed by atoms with Gasteiger partial charge in [0.05, 0.1) is 7.05 Å². The Morgan fingerprint density at radius 3 is 2.47 bits per heavy atom. The number of anilines is 1. The van der Waals surface area contributed by atoms with Crippen LogP contribution in [0.15, 0.2) is 24.3 Å². The fraction of sp³-hybridized carbons (Fsp3) is 0.333. The number of carbonyl (C=O) groups excluding carboxylic acids is 1. The Bertz CT molecular complexity index is 406. The lowest BCUT2D eigenvalue weighted by Gasteiger charge is -2.06. The van der Waals surface area contributed by atoms with E-state index in [2.05, 4.69) is 22.9 Å². The average molecular weight is 203 g/mol. The molecule has 0 aromatic heterocycles. The summed E-state index contributed by atoms with van der Waals surface area (Å²) in [4.78, 5) is 13.3. The maximum Gasteiger partial charge on any atom is 0.239 e. The van der Waals surface area contributed by atoms with Crippen LogP contribution in [-0.2, 0) is 0 Å². The number of hydrogen-bond acceptors (Lipinski definition) is 2. The summed E-state index contributed by atoms with van der Waals surface area (Å²) in [6.45, 7) is 3.65. The van der Waals surface area contributed by atoms with Crippen molar-refractivity contribution in [2.24, 2.45) is 0 Å². The molecule has 0 spiro atoms. The molecule has 0 atom stereocenters. The van der Waals surface area contributed by atoms with E-state index < -0.39 is 0 Å². The van der Waals surface area contributed by atoms with Crippen LogP contribution >= 0.6 is 0 Å². The number of likely N-dealkylation sites (N-methyl/N-ethyl adjacent to an activating group) is 1. The van der Waals surface area contributed by atoms with Crippen molar-refractivity contribution in [3.05, 3.63) is 29.8 Å². The van der Waals surface area contributed by atoms with Crippen LogP contribution in [0.3, 0.4) is 0 Å². The van der Waals surface area contributed by atoms with Crippen molar-refractivity contribution in [2.45, 2.75) is 6.92 Å². The number of carbonyl (C=O) groups is 1. The second-order valence-corrected chi connectivity index (χ2v) is 3.89. The maximum absolute atomic E-state index is 11.1. The molecule has 0 saturated carbocycles. The van der Waals surface area contributed by atoms with Gasteiger partial charge in [-0.2, -0.15) is 0 Å². The second-order valence-electron chi connectivity index (χ2n) is 3.89. The van der Waals surface area contributed by atoms with E-state index in [0.29, 0.717) is 0 Å². The highest BCUT2D eigenvalue weighted by molar-refractivity contribution is 5.94. The summed E-state index contributed by atoms with van der Waals surface area (Å²) in [6.07, 6.45) is 2.09. The summed E-state index contributed by atoms with van der Waals surface area (Å²) < 4.78 is 2.15. The third kappa shape index (κ3) is 2.06. The van der Waals surface area contributed by atoms with Gasteiger partial charge in [-0.05, 0) is 31.2 Å². The molecule has 0 amide bonds. The monoisotopic (exact) mass is 203 g/mol. The molecule has 15 heavy (non-hydrogen) atoms. The predicted molar refractivity (Wildman–Crippen MR) is 60.9 cm³/mol. The molecule has 0 unspecified atom stereocenters. The number of hydrogen-bond donors (Lipinski definition) is 0. The van der Waals surface area contributed by atoms with Gasteiger partial charge in [0, 0.05) is 5.56 Å². The van der Waals surface area contributed by atoms with Gasteiger partial charge < -0.3 is 0 Å². The highest BCUT2D eigenvalue weighted by Gasteiger charge is 2.18. The minimum Gasteiger partial charge on any atom is -0.295 e. The van der Waals surface area contributed by atoms with Gasteiger partial charge in [-0.1, -0.05) is 0 Å². The van der Waals surface area contributed by atoms with E-state index in [1.54, 1.807) is 6.92 Å². The number of nitrogens with zero attached hydrogens (tertiary/aromatic N) is 2. The molecule has 0 fully saturated rings. The summed E-state index contributed by atoms with van der Waals surface area (Å²) in [5.41, 5.74) is 1.91. The zero-order valence-electron chi connectivity index (χ0n) is 9.10. The van der Waals surface area contributed by atoms with Crippen molar-refractivity contribution < 1.29 is 9.37 Å². The van der Waals surface area contributed by atoms with Crippen LogP contribution in [0.4, 0.5) is 5.69 Å². The average Bonchev–Trinajstić information content (AvgIpc) is 2.65. The third-order valence-corrected chi connectivity index (χ3v) is 2.64. The summed E-state index contributed by atoms with van der Waals surface area (Å²) in [5.74, 6) is 0.115. The molecule has 2 rings (SSSR count). The molecule has 3 heteroatoms. The summed E-state index contributed by atoms with van der Waals surface area (Å²) in [7, 11) is 2.06. The van der Waals surface area contributed by atoms with Crippen LogP contribution < -0.4 is 4.90 Å². The smallest absolute Gasteiger partial charge is 0.239 e. The summed E-state index contributed by atoms with van der Waals surface area (Å²) in [5, 5.41) is 0. The Morgan fingerprint density at radius 1 is 1.33 bits per heavy atom. The first kappa shape index (κ1) is 9.90. The van der Waals surface area contributed by atoms with Crippen LogP contribution in [-0.4, -0.2) is 36.8 Å². The van der Waals surface area contributed by atoms with Crippen LogP contribution in [0.5, 0.6) is 0 Å². The van der Waals surface area contributed by atoms with E-state index in [1.165, 1.54) is 0 Å². The maximum atomic E-state index is 11.1. The normalized spacial score (nSPS) is 15.3. The number of Topliss-reactive ketones (excluding diaryl/α,β-unsaturated/α-hetero) is 1. The van der Waals surface area contributed by atoms with Crippen molar-refractivity contribution in [3.63, 3.8) is 0 Å². The quantitative estimate of drug-likeness (QED) is 0.535. The van der Waals surface area contributed by atoms with Crippen LogP contribution in [0, 0.1) is 0 Å². The molecule has 1 aliphatic rings. The molecule has 0 aliphatic carbocycles. The molecule has 1 aliphatic heterocycles. The largest absolute Gasteiger partial charge is 0.295 e. The molecule has 1 heterocycles. The fourth-order valence-electron chi connectivity index (χ4n) is 1.70. The van der Waals surface area contributed by atoms with E-state index >= 15 is 0 Å². The Kier molecular flexibility index (Phi) is 2.54. The predicted octanol–water partition coefficient (Wildman–Crippen LogP) is 1.38. The van der Waals surface area contributed by atoms with Gasteiger partial charge in [0.15, 0.2) is 5.78 Å². The zero-order chi connectivity index (χ0) is 10.8. The first-order chi connectivity index (χ1) is 7.16. The van der Waals surface area contributed by atoms with Gasteiger partial charge in [-0.25, -0.2) is 4.90 Å². The summed E-state index contributed by atoms with van der Waals surface area (Å²) in [6, 6.07) is 7.74. The number of rotatable bonds is 2. The number of ketones is 1. The lowest BCUT2D eigenvalue weighted by Crippen LogP contribution is -2.17. The molecule has 0 N–H and O–H groups in total. The molecule has 78 valence electrons. The molecule has 1 aromatic carbocycles. The SMILES string of the molecule is CC(=O)c1ccc(N2C=[N+](C)CC2)cc1. The lowest BCUT2D eigenvalue weighted by atomic mass is 10.1. The molecule has 0 radical (unpaired) electrons. The van der Waals surface area contributed by atoms with Gasteiger partial charge in [0.2, 0.25) is 6.34 Å². The van der Waals surface area contributed by atoms with Crippen molar-refractivity contribution in [2.75, 3.05) is 25.0 Å². The van der Waals surface area contributed by atoms with Crippen molar-refractivity contribution in [3.8, 4) is 0 Å². The standard InChI is InChI=1S/C12H15N2O/c1-10(15)11-3-5-12(6-4-11)14-8-7-13(2)9-14/h3-6,9H,7-8H2,1-2H3/q+1. The Balaban J connectivity index is 2.21. The molecule has 0 bridgehead atoms. The first-order valence-electron chi connectivity index (χ1n) is 5.10. The Hall–Kier alpha value is -1.64. The molecular weight excluding hydrogens is 188 g/mol. The fourth-order valence-corrected chi connectivity index (χ4v) is 1.70. The van der Waals surface area contributed by atoms with E-state index in [-0.39, 0.29) is 5.78 Å². The van der Waals surface area contributed by atoms with E-state index in [9.17, 15) is 4.79 Å². The van der Waals surface area contributed by atoms with Crippen molar-refractivity contribution in [1.29, 1.82) is 0 Å². The molecule has 1 aromatic rings. The van der Waals surface area contributed by atoms with Gasteiger partial charge in [-0.3, -0.25) is 9.37 Å². The highest BCUT2D eigenvalue weighted by Crippen LogP contribution is 2.15. The Labute approximate surface area is 89.6 Å². The topological polar surface area (TPSA) is 23.3 Å². The van der Waals surface area contributed by atoms with Gasteiger partial charge in [-0.15, -0.1) is 0 Å². The van der Waals surface area contributed by atoms with Gasteiger partial charge >= 0.3 is 0 Å². The first-order valence-corrected chi connectivity index (χ1v) is 5.10. The van der Waals surface area contributed by atoms with Crippen LogP contribution in [0.25, 0.3) is 0 Å². The minimum absolute atomic E-state index is 0.115. The van der Waals surface area contributed by atoms with Crippen molar-refractivity contribution >= 4 is 17.8 Å². The van der Waals surface area contributed by atoms with E-state index in [4.69, 9.17) is 0 Å². The highest BCUT2D eigenvalue weighted by atomic mass is 16.1. The second kappa shape index (κ2) is 3.85. The molecular formula is C12H15N2O+. The van der Waals surface area contributed by atoms with Crippen LogP contribution in [0.1, 0.15) is 17.3 Å².